The van der Waals surface area contributed by atoms with Crippen molar-refractivity contribution in [2.45, 2.75) is 0 Å². The van der Waals surface area contributed by atoms with Gasteiger partial charge in [0.1, 0.15) is 0 Å². The molecule has 0 heterocycles. The molecule has 3 radical (unpaired) electrons. The quantitative estimate of drug-likeness (QED) is 0.410. The zero-order valence-corrected chi connectivity index (χ0v) is 4.89. The summed E-state index contributed by atoms with van der Waals surface area (Å²) in [6.45, 7) is 0. The van der Waals surface area contributed by atoms with Crippen LogP contribution in [-0.2, 0) is 8.91 Å². The van der Waals surface area contributed by atoms with Crippen LogP contribution >= 0.6 is 0 Å². The maximum Gasteiger partial charge on any atom is 0.445 e. The predicted octanol–water partition coefficient (Wildman–Crippen LogP) is -1.82. The lowest BCUT2D eigenvalue weighted by Crippen LogP contribution is -2.18. The van der Waals surface area contributed by atoms with Gasteiger partial charge in [0.05, 0.1) is 0 Å². The minimum absolute atomic E-state index is 1.47. The first-order chi connectivity index (χ1) is 2.81. The minimum Gasteiger partial charge on any atom is -0.583 e. The molecule has 0 bridgehead atoms. The maximum absolute atomic E-state index is 9.38. The molecule has 0 aromatic rings. The normalized spacial score (nSPS) is 6.17. The Labute approximate surface area is 40.1 Å². The molecular weight excluding hydrogens is 114 g/mol. The zero-order chi connectivity index (χ0) is 4.99. The smallest absolute Gasteiger partial charge is 0.445 e. The predicted molar refractivity (Wildman–Crippen MR) is 22.5 cm³/mol. The van der Waals surface area contributed by atoms with Gasteiger partial charge in [-0.2, -0.15) is 0 Å². The van der Waals surface area contributed by atoms with Crippen molar-refractivity contribution in [1.82, 2.24) is 0 Å². The fourth-order valence-corrected chi connectivity index (χ4v) is 0.188. The van der Waals surface area contributed by atoms with Crippen molar-refractivity contribution in [3.05, 3.63) is 0 Å². The first-order valence-electron chi connectivity index (χ1n) is 1.15. The van der Waals surface area contributed by atoms with Crippen LogP contribution < -0.4 is 5.40 Å². The van der Waals surface area contributed by atoms with Gasteiger partial charge in [-0.25, -0.2) is 4.79 Å². The first-order valence-corrected chi connectivity index (χ1v) is 3.04. The summed E-state index contributed by atoms with van der Waals surface area (Å²) in [6, 6.07) is 0. The van der Waals surface area contributed by atoms with Gasteiger partial charge in [-0.15, -0.1) is 0 Å². The molecular formula is CH2NO2Si2. The number of rotatable bonds is 1. The second-order valence-electron chi connectivity index (χ2n) is 0.568. The average molecular weight is 116 g/mol. The Balaban J connectivity index is 3.52. The van der Waals surface area contributed by atoms with Crippen LogP contribution in [-0.4, -0.2) is 24.8 Å². The van der Waals surface area contributed by atoms with E-state index in [2.05, 4.69) is 14.6 Å². The van der Waals surface area contributed by atoms with Gasteiger partial charge >= 0.3 is 19.3 Å². The third-order valence-electron chi connectivity index (χ3n) is 0.211. The molecule has 6 heavy (non-hydrogen) atoms. The van der Waals surface area contributed by atoms with Crippen molar-refractivity contribution in [1.29, 1.82) is 0 Å². The van der Waals surface area contributed by atoms with Crippen LogP contribution in [0.15, 0.2) is 0 Å². The summed E-state index contributed by atoms with van der Waals surface area (Å²) in [5.41, 5.74) is 1.47. The standard InChI is InChI=1S/CH2NO2Si2/c2-6(1-3)4-5/h2H2. The van der Waals surface area contributed by atoms with Gasteiger partial charge in [-0.3, -0.25) is 0 Å². The van der Waals surface area contributed by atoms with E-state index in [1.54, 1.807) is 0 Å². The van der Waals surface area contributed by atoms with Crippen molar-refractivity contribution in [2.75, 3.05) is 0 Å². The fraction of sp³-hybridized carbons (Fsp3) is 0. The summed E-state index contributed by atoms with van der Waals surface area (Å²) in [5.74, 6) is 0. The highest BCUT2D eigenvalue weighted by Crippen LogP contribution is 1.44. The van der Waals surface area contributed by atoms with Crippen LogP contribution in [0.25, 0.3) is 0 Å². The average Bonchev–Trinajstić information content (AvgIpc) is 1.65. The van der Waals surface area contributed by atoms with Crippen LogP contribution in [0.2, 0.25) is 0 Å². The third kappa shape index (κ3) is 1.89. The highest BCUT2D eigenvalue weighted by atomic mass is 28.3. The number of hydrogen-bond acceptors (Lipinski definition) is 3. The zero-order valence-electron chi connectivity index (χ0n) is 2.89. The van der Waals surface area contributed by atoms with Gasteiger partial charge in [0.15, 0.2) is 5.54 Å². The summed E-state index contributed by atoms with van der Waals surface area (Å²) in [6.07, 6.45) is 0. The highest BCUT2D eigenvalue weighted by Gasteiger charge is 1.82. The Hall–Kier alpha value is -0.386. The monoisotopic (exact) mass is 116 g/mol. The summed E-state index contributed by atoms with van der Waals surface area (Å²) >= 11 is 0. The molecule has 0 saturated heterocycles. The molecule has 5 heteroatoms. The molecule has 0 rings (SSSR count). The molecule has 0 aliphatic carbocycles. The number of hydrogen-bond donors (Lipinski definition) is 1. The van der Waals surface area contributed by atoms with Crippen LogP contribution in [0.1, 0.15) is 0 Å². The lowest BCUT2D eigenvalue weighted by Gasteiger charge is -1.83. The Bertz CT molecular complexity index is 85.5. The van der Waals surface area contributed by atoms with E-state index in [4.69, 9.17) is 5.40 Å². The van der Waals surface area contributed by atoms with Gasteiger partial charge < -0.3 is 9.51 Å². The molecule has 0 unspecified atom stereocenters. The molecule has 0 aliphatic rings. The van der Waals surface area contributed by atoms with Crippen molar-refractivity contribution in [2.24, 2.45) is 5.40 Å². The van der Waals surface area contributed by atoms with Gasteiger partial charge in [0.2, 0.25) is 0 Å². The molecule has 2 N–H and O–H groups in total. The molecule has 0 amide bonds. The third-order valence-corrected chi connectivity index (χ3v) is 1.29. The summed E-state index contributed by atoms with van der Waals surface area (Å²) in [5, 5.41) is 4.88. The highest BCUT2D eigenvalue weighted by molar-refractivity contribution is 6.56. The molecule has 3 nitrogen and oxygen atoms in total. The van der Waals surface area contributed by atoms with E-state index in [1.807, 2.05) is 0 Å². The van der Waals surface area contributed by atoms with Crippen molar-refractivity contribution >= 4 is 24.8 Å². The summed E-state index contributed by atoms with van der Waals surface area (Å²) in [4.78, 5) is 9.38. The molecule has 0 aromatic carbocycles. The van der Waals surface area contributed by atoms with Crippen LogP contribution in [0, 0.1) is 0 Å². The fourth-order valence-electron chi connectivity index (χ4n) is 0.0208. The molecule has 0 aliphatic heterocycles. The Morgan fingerprint density at radius 3 is 2.50 bits per heavy atom. The van der Waals surface area contributed by atoms with E-state index < -0.39 is 8.81 Å². The van der Waals surface area contributed by atoms with E-state index in [9.17, 15) is 4.79 Å². The molecule has 0 aromatic heterocycles. The summed E-state index contributed by atoms with van der Waals surface area (Å²) < 4.78 is 4.16. The minimum atomic E-state index is -1.76. The van der Waals surface area contributed by atoms with Crippen molar-refractivity contribution in [3.8, 4) is 0 Å². The maximum atomic E-state index is 9.38. The number of carbonyl (C=O) groups excluding carboxylic acids is 1. The Morgan fingerprint density at radius 1 is 2.00 bits per heavy atom. The van der Waals surface area contributed by atoms with Crippen LogP contribution in [0.4, 0.5) is 0 Å². The van der Waals surface area contributed by atoms with E-state index in [0.29, 0.717) is 0 Å². The molecule has 0 saturated carbocycles. The van der Waals surface area contributed by atoms with E-state index in [0.717, 1.165) is 0 Å². The first kappa shape index (κ1) is 5.61. The van der Waals surface area contributed by atoms with Gasteiger partial charge in [0, 0.05) is 0 Å². The Morgan fingerprint density at radius 2 is 2.50 bits per heavy atom. The second kappa shape index (κ2) is 2.83. The Kier molecular flexibility index (Phi) is 2.65. The lowest BCUT2D eigenvalue weighted by atomic mass is 11.9. The van der Waals surface area contributed by atoms with Gasteiger partial charge in [0.25, 0.3) is 0 Å². The van der Waals surface area contributed by atoms with Crippen molar-refractivity contribution in [3.63, 3.8) is 0 Å². The number of nitrogens with two attached hydrogens (primary N) is 1. The second-order valence-corrected chi connectivity index (χ2v) is 2.32. The van der Waals surface area contributed by atoms with Crippen LogP contribution in [0.5, 0.6) is 0 Å². The summed E-state index contributed by atoms with van der Waals surface area (Å²) in [7, 11) is 0.815. The van der Waals surface area contributed by atoms with Crippen LogP contribution in [0.3, 0.4) is 0 Å². The lowest BCUT2D eigenvalue weighted by molar-refractivity contribution is 0.565. The molecule has 0 spiro atoms. The SMILES string of the molecule is N[Si](=C=O)O[Si]. The largest absolute Gasteiger partial charge is 0.583 e. The molecule has 31 valence electrons. The molecule has 0 fully saturated rings. The topological polar surface area (TPSA) is 52.3 Å². The van der Waals surface area contributed by atoms with Crippen molar-refractivity contribution < 1.29 is 8.91 Å². The van der Waals surface area contributed by atoms with Gasteiger partial charge in [-0.05, 0) is 0 Å². The molecule has 0 atom stereocenters. The van der Waals surface area contributed by atoms with E-state index >= 15 is 0 Å². The van der Waals surface area contributed by atoms with Gasteiger partial charge in [-0.1, -0.05) is 0 Å². The van der Waals surface area contributed by atoms with E-state index in [1.165, 1.54) is 5.54 Å². The van der Waals surface area contributed by atoms with E-state index in [-0.39, 0.29) is 0 Å².